The zero-order valence-corrected chi connectivity index (χ0v) is 14.3. The van der Waals surface area contributed by atoms with Crippen LogP contribution in [-0.2, 0) is 13.3 Å². The molecule has 2 rings (SSSR count). The van der Waals surface area contributed by atoms with Crippen molar-refractivity contribution in [2.24, 2.45) is 0 Å². The predicted octanol–water partition coefficient (Wildman–Crippen LogP) is 2.40. The second-order valence-electron chi connectivity index (χ2n) is 4.50. The molecule has 0 bridgehead atoms. The van der Waals surface area contributed by atoms with Crippen molar-refractivity contribution in [3.8, 4) is 11.1 Å². The van der Waals surface area contributed by atoms with E-state index in [4.69, 9.17) is 13.3 Å². The largest absolute Gasteiger partial charge is 0.557 e. The molecule has 22 heavy (non-hydrogen) atoms. The molecule has 6 heteroatoms. The minimum absolute atomic E-state index is 0.509. The van der Waals surface area contributed by atoms with E-state index in [0.717, 1.165) is 16.4 Å². The zero-order valence-electron chi connectivity index (χ0n) is 13.3. The first-order valence-corrected chi connectivity index (χ1v) is 9.27. The van der Waals surface area contributed by atoms with E-state index in [9.17, 15) is 0 Å². The van der Waals surface area contributed by atoms with Crippen molar-refractivity contribution in [2.75, 3.05) is 19.8 Å². The van der Waals surface area contributed by atoms with Crippen molar-refractivity contribution in [3.05, 3.63) is 42.9 Å². The van der Waals surface area contributed by atoms with Crippen LogP contribution in [0.3, 0.4) is 0 Å². The van der Waals surface area contributed by atoms with Gasteiger partial charge in [-0.1, -0.05) is 12.1 Å². The van der Waals surface area contributed by atoms with Crippen LogP contribution in [0, 0.1) is 0 Å². The van der Waals surface area contributed by atoms with Crippen LogP contribution in [0.2, 0.25) is 0 Å². The van der Waals surface area contributed by atoms with Gasteiger partial charge in [-0.05, 0) is 32.9 Å². The van der Waals surface area contributed by atoms with Gasteiger partial charge in [0.05, 0.1) is 0 Å². The summed E-state index contributed by atoms with van der Waals surface area (Å²) >= 11 is 0. The van der Waals surface area contributed by atoms with Gasteiger partial charge in [0.2, 0.25) is 0 Å². The van der Waals surface area contributed by atoms with Crippen molar-refractivity contribution in [1.29, 1.82) is 0 Å². The van der Waals surface area contributed by atoms with E-state index in [0.29, 0.717) is 19.8 Å². The molecule has 0 aliphatic carbocycles. The average Bonchev–Trinajstić information content (AvgIpc) is 2.56. The van der Waals surface area contributed by atoms with Crippen LogP contribution < -0.4 is 5.32 Å². The molecule has 5 nitrogen and oxygen atoms in total. The fourth-order valence-corrected chi connectivity index (χ4v) is 4.89. The van der Waals surface area contributed by atoms with E-state index < -0.39 is 8.80 Å². The molecule has 2 aromatic rings. The number of rotatable bonds is 8. The van der Waals surface area contributed by atoms with Gasteiger partial charge >= 0.3 is 8.80 Å². The minimum atomic E-state index is -3.04. The molecule has 2 aromatic heterocycles. The molecule has 0 N–H and O–H groups in total. The van der Waals surface area contributed by atoms with E-state index in [1.54, 1.807) is 12.4 Å². The second kappa shape index (κ2) is 8.14. The summed E-state index contributed by atoms with van der Waals surface area (Å²) in [5.74, 6) is 0. The van der Waals surface area contributed by atoms with Crippen molar-refractivity contribution >= 4 is 14.1 Å². The normalized spacial score (nSPS) is 11.6. The molecule has 0 amide bonds. The number of hydrogen-bond donors (Lipinski definition) is 0. The van der Waals surface area contributed by atoms with Crippen LogP contribution in [0.1, 0.15) is 20.8 Å². The maximum absolute atomic E-state index is 5.97. The first kappa shape index (κ1) is 16.8. The van der Waals surface area contributed by atoms with E-state index in [2.05, 4.69) is 9.97 Å². The quantitative estimate of drug-likeness (QED) is 0.700. The molecular formula is C16H22N2O3Si. The topological polar surface area (TPSA) is 53.5 Å². The number of hydrogen-bond acceptors (Lipinski definition) is 5. The molecule has 2 heterocycles. The Morgan fingerprint density at radius 3 is 2.09 bits per heavy atom. The Bertz CT molecular complexity index is 564. The lowest BCUT2D eigenvalue weighted by Crippen LogP contribution is -2.58. The molecule has 0 aliphatic rings. The molecule has 0 spiro atoms. The molecular weight excluding hydrogens is 296 g/mol. The Morgan fingerprint density at radius 1 is 0.909 bits per heavy atom. The average molecular weight is 318 g/mol. The Labute approximate surface area is 132 Å². The fraction of sp³-hybridized carbons (Fsp3) is 0.375. The third kappa shape index (κ3) is 3.59. The highest BCUT2D eigenvalue weighted by Gasteiger charge is 2.46. The van der Waals surface area contributed by atoms with Gasteiger partial charge in [-0.25, -0.2) is 0 Å². The molecule has 0 aromatic carbocycles. The molecule has 0 fully saturated rings. The van der Waals surface area contributed by atoms with Gasteiger partial charge in [0.1, 0.15) is 5.32 Å². The highest BCUT2D eigenvalue weighted by atomic mass is 28.4. The third-order valence-corrected chi connectivity index (χ3v) is 6.06. The number of aromatic nitrogens is 2. The smallest absolute Gasteiger partial charge is 0.369 e. The van der Waals surface area contributed by atoms with Crippen molar-refractivity contribution in [1.82, 2.24) is 9.97 Å². The Balaban J connectivity index is 2.56. The van der Waals surface area contributed by atoms with Crippen LogP contribution in [0.4, 0.5) is 0 Å². The van der Waals surface area contributed by atoms with Crippen LogP contribution in [-0.4, -0.2) is 38.6 Å². The number of nitrogens with zero attached hydrogens (tertiary/aromatic N) is 2. The van der Waals surface area contributed by atoms with Gasteiger partial charge < -0.3 is 13.3 Å². The zero-order chi connectivity index (χ0) is 15.8. The lowest BCUT2D eigenvalue weighted by molar-refractivity contribution is 0.0851. The van der Waals surface area contributed by atoms with Gasteiger partial charge in [-0.2, -0.15) is 0 Å². The summed E-state index contributed by atoms with van der Waals surface area (Å²) in [5, 5.41) is 0.744. The SMILES string of the molecule is CCO[Si](OCC)(OCC)c1ncccc1-c1cccnc1. The Kier molecular flexibility index (Phi) is 6.20. The predicted molar refractivity (Wildman–Crippen MR) is 87.7 cm³/mol. The van der Waals surface area contributed by atoms with Crippen molar-refractivity contribution in [3.63, 3.8) is 0 Å². The molecule has 0 unspecified atom stereocenters. The molecule has 0 saturated carbocycles. The maximum Gasteiger partial charge on any atom is 0.557 e. The van der Waals surface area contributed by atoms with E-state index in [1.807, 2.05) is 51.2 Å². The first-order chi connectivity index (χ1) is 10.8. The summed E-state index contributed by atoms with van der Waals surface area (Å²) in [7, 11) is -3.04. The van der Waals surface area contributed by atoms with Crippen LogP contribution in [0.25, 0.3) is 11.1 Å². The van der Waals surface area contributed by atoms with E-state index in [1.165, 1.54) is 0 Å². The van der Waals surface area contributed by atoms with E-state index in [-0.39, 0.29) is 0 Å². The summed E-state index contributed by atoms with van der Waals surface area (Å²) in [4.78, 5) is 8.73. The molecule has 0 atom stereocenters. The van der Waals surface area contributed by atoms with E-state index >= 15 is 0 Å². The van der Waals surface area contributed by atoms with Gasteiger partial charge in [0.15, 0.2) is 0 Å². The summed E-state index contributed by atoms with van der Waals surface area (Å²) < 4.78 is 17.9. The highest BCUT2D eigenvalue weighted by Crippen LogP contribution is 2.20. The summed E-state index contributed by atoms with van der Waals surface area (Å²) in [6, 6.07) is 7.79. The van der Waals surface area contributed by atoms with Crippen LogP contribution in [0.15, 0.2) is 42.9 Å². The van der Waals surface area contributed by atoms with Crippen LogP contribution >= 0.6 is 0 Å². The molecule has 0 saturated heterocycles. The molecule has 0 aliphatic heterocycles. The summed E-state index contributed by atoms with van der Waals surface area (Å²) in [6.45, 7) is 7.34. The second-order valence-corrected chi connectivity index (χ2v) is 6.95. The van der Waals surface area contributed by atoms with Gasteiger partial charge in [0.25, 0.3) is 0 Å². The van der Waals surface area contributed by atoms with Crippen LogP contribution in [0.5, 0.6) is 0 Å². The van der Waals surface area contributed by atoms with Gasteiger partial charge in [-0.3, -0.25) is 9.97 Å². The minimum Gasteiger partial charge on any atom is -0.369 e. The summed E-state index contributed by atoms with van der Waals surface area (Å²) in [6.07, 6.45) is 5.30. The Morgan fingerprint density at radius 2 is 1.55 bits per heavy atom. The fourth-order valence-electron chi connectivity index (χ4n) is 2.30. The lowest BCUT2D eigenvalue weighted by Gasteiger charge is -2.29. The monoisotopic (exact) mass is 318 g/mol. The standard InChI is InChI=1S/C16H22N2O3Si/c1-4-19-22(20-5-2,21-6-3)16-15(10-8-12-18-16)14-9-7-11-17-13-14/h7-13H,4-6H2,1-3H3. The maximum atomic E-state index is 5.97. The first-order valence-electron chi connectivity index (χ1n) is 7.55. The number of pyridine rings is 2. The van der Waals surface area contributed by atoms with Gasteiger partial charge in [0, 0.05) is 49.5 Å². The van der Waals surface area contributed by atoms with Crippen molar-refractivity contribution in [2.45, 2.75) is 20.8 Å². The van der Waals surface area contributed by atoms with Gasteiger partial charge in [-0.15, -0.1) is 0 Å². The van der Waals surface area contributed by atoms with Crippen molar-refractivity contribution < 1.29 is 13.3 Å². The summed E-state index contributed by atoms with van der Waals surface area (Å²) in [5.41, 5.74) is 1.92. The lowest BCUT2D eigenvalue weighted by atomic mass is 10.1. The third-order valence-electron chi connectivity index (χ3n) is 3.07. The highest BCUT2D eigenvalue weighted by molar-refractivity contribution is 6.75. The Hall–Kier alpha value is -1.60. The molecule has 118 valence electrons. The molecule has 0 radical (unpaired) electrons.